The summed E-state index contributed by atoms with van der Waals surface area (Å²) in [7, 11) is 0. The molecule has 4 heteroatoms. The van der Waals surface area contributed by atoms with Crippen molar-refractivity contribution in [3.05, 3.63) is 12.2 Å². The Hall–Kier alpha value is -0.350. The van der Waals surface area contributed by atoms with E-state index in [2.05, 4.69) is 15.9 Å². The first-order valence-electron chi connectivity index (χ1n) is 3.83. The second-order valence-corrected chi connectivity index (χ2v) is 4.03. The van der Waals surface area contributed by atoms with E-state index in [1.165, 1.54) is 6.92 Å². The van der Waals surface area contributed by atoms with Crippen LogP contribution in [-0.2, 0) is 14.3 Å². The van der Waals surface area contributed by atoms with Crippen molar-refractivity contribution in [1.82, 2.24) is 0 Å². The quantitative estimate of drug-likeness (QED) is 0.294. The van der Waals surface area contributed by atoms with Crippen molar-refractivity contribution in [3.8, 4) is 0 Å². The molecule has 12 heavy (non-hydrogen) atoms. The van der Waals surface area contributed by atoms with Gasteiger partial charge in [-0.2, -0.15) is 0 Å². The molecule has 1 fully saturated rings. The van der Waals surface area contributed by atoms with Crippen LogP contribution >= 0.6 is 15.9 Å². The van der Waals surface area contributed by atoms with Gasteiger partial charge in [0.2, 0.25) is 0 Å². The molecule has 66 valence electrons. The van der Waals surface area contributed by atoms with Crippen molar-refractivity contribution in [2.75, 3.05) is 0 Å². The number of esters is 1. The SMILES string of the molecule is CC(=O)O[C@H]1C=C[C@@H]2O[C@@H]2[C@@H]1Br. The second-order valence-electron chi connectivity index (χ2n) is 2.97. The summed E-state index contributed by atoms with van der Waals surface area (Å²) in [5, 5.41) is 0. The van der Waals surface area contributed by atoms with Crippen molar-refractivity contribution in [3.63, 3.8) is 0 Å². The van der Waals surface area contributed by atoms with Crippen LogP contribution in [0.25, 0.3) is 0 Å². The molecule has 0 unspecified atom stereocenters. The van der Waals surface area contributed by atoms with E-state index in [-0.39, 0.29) is 29.1 Å². The van der Waals surface area contributed by atoms with Gasteiger partial charge in [-0.3, -0.25) is 4.79 Å². The largest absolute Gasteiger partial charge is 0.457 e. The zero-order chi connectivity index (χ0) is 8.72. The van der Waals surface area contributed by atoms with Crippen LogP contribution in [-0.4, -0.2) is 29.1 Å². The lowest BCUT2D eigenvalue weighted by atomic mass is 10.1. The highest BCUT2D eigenvalue weighted by Crippen LogP contribution is 2.37. The number of rotatable bonds is 1. The van der Waals surface area contributed by atoms with Crippen LogP contribution in [0, 0.1) is 0 Å². The number of alkyl halides is 1. The standard InChI is InChI=1S/C8H9BrO3/c1-4(10)11-5-2-3-6-8(12-6)7(5)9/h2-3,5-8H,1H3/t5-,6-,7+,8-/m0/s1. The van der Waals surface area contributed by atoms with Crippen LogP contribution in [0.15, 0.2) is 12.2 Å². The fraction of sp³-hybridized carbons (Fsp3) is 0.625. The number of hydrogen-bond acceptors (Lipinski definition) is 3. The van der Waals surface area contributed by atoms with Crippen LogP contribution < -0.4 is 0 Å². The molecule has 3 nitrogen and oxygen atoms in total. The Morgan fingerprint density at radius 3 is 3.00 bits per heavy atom. The highest BCUT2D eigenvalue weighted by atomic mass is 79.9. The Morgan fingerprint density at radius 2 is 2.33 bits per heavy atom. The molecule has 0 aromatic carbocycles. The number of hydrogen-bond donors (Lipinski definition) is 0. The Labute approximate surface area is 78.8 Å². The summed E-state index contributed by atoms with van der Waals surface area (Å²) in [6.07, 6.45) is 4.07. The molecule has 0 radical (unpaired) electrons. The maximum Gasteiger partial charge on any atom is 0.303 e. The highest BCUT2D eigenvalue weighted by Gasteiger charge is 2.48. The fourth-order valence-corrected chi connectivity index (χ4v) is 2.06. The number of fused-ring (bicyclic) bond motifs is 1. The van der Waals surface area contributed by atoms with Gasteiger partial charge in [-0.25, -0.2) is 0 Å². The van der Waals surface area contributed by atoms with E-state index in [1.807, 2.05) is 12.2 Å². The predicted octanol–water partition coefficient (Wildman–Crippen LogP) is 1.02. The summed E-state index contributed by atoms with van der Waals surface area (Å²) in [5.41, 5.74) is 0. The molecule has 0 saturated carbocycles. The zero-order valence-corrected chi connectivity index (χ0v) is 8.15. The van der Waals surface area contributed by atoms with Gasteiger partial charge in [0.15, 0.2) is 0 Å². The average molecular weight is 233 g/mol. The van der Waals surface area contributed by atoms with Gasteiger partial charge in [0.1, 0.15) is 18.3 Å². The molecule has 0 amide bonds. The van der Waals surface area contributed by atoms with Crippen LogP contribution in [0.3, 0.4) is 0 Å². The maximum absolute atomic E-state index is 10.7. The van der Waals surface area contributed by atoms with Crippen molar-refractivity contribution >= 4 is 21.9 Å². The normalized spacial score (nSPS) is 43.5. The lowest BCUT2D eigenvalue weighted by molar-refractivity contribution is -0.144. The maximum atomic E-state index is 10.7. The predicted molar refractivity (Wildman–Crippen MR) is 46.1 cm³/mol. The van der Waals surface area contributed by atoms with E-state index < -0.39 is 0 Å². The van der Waals surface area contributed by atoms with Gasteiger partial charge in [0.05, 0.1) is 4.83 Å². The first-order valence-corrected chi connectivity index (χ1v) is 4.75. The first kappa shape index (κ1) is 8.26. The molecule has 1 aliphatic heterocycles. The van der Waals surface area contributed by atoms with Crippen molar-refractivity contribution in [2.24, 2.45) is 0 Å². The smallest absolute Gasteiger partial charge is 0.303 e. The zero-order valence-electron chi connectivity index (χ0n) is 6.57. The second kappa shape index (κ2) is 2.85. The summed E-state index contributed by atoms with van der Waals surface area (Å²) < 4.78 is 10.3. The Morgan fingerprint density at radius 1 is 1.58 bits per heavy atom. The third-order valence-corrected chi connectivity index (χ3v) is 3.02. The molecule has 0 N–H and O–H groups in total. The highest BCUT2D eigenvalue weighted by molar-refractivity contribution is 9.09. The minimum absolute atomic E-state index is 0.108. The summed E-state index contributed by atoms with van der Waals surface area (Å²) in [4.78, 5) is 10.8. The van der Waals surface area contributed by atoms with Gasteiger partial charge < -0.3 is 9.47 Å². The number of ether oxygens (including phenoxy) is 2. The Bertz CT molecular complexity index is 238. The Balaban J connectivity index is 2.01. The first-order chi connectivity index (χ1) is 5.68. The summed E-state index contributed by atoms with van der Waals surface area (Å²) >= 11 is 3.44. The van der Waals surface area contributed by atoms with E-state index in [0.29, 0.717) is 0 Å². The van der Waals surface area contributed by atoms with E-state index in [9.17, 15) is 4.79 Å². The van der Waals surface area contributed by atoms with Crippen LogP contribution in [0.5, 0.6) is 0 Å². The van der Waals surface area contributed by atoms with Gasteiger partial charge in [0, 0.05) is 6.92 Å². The summed E-state index contributed by atoms with van der Waals surface area (Å²) in [6, 6.07) is 0. The van der Waals surface area contributed by atoms with E-state index >= 15 is 0 Å². The lowest BCUT2D eigenvalue weighted by Crippen LogP contribution is -2.31. The molecule has 0 aromatic heterocycles. The van der Waals surface area contributed by atoms with Gasteiger partial charge in [-0.1, -0.05) is 22.0 Å². The Kier molecular flexibility index (Phi) is 1.96. The molecule has 0 aromatic rings. The third kappa shape index (κ3) is 1.41. The van der Waals surface area contributed by atoms with E-state index in [4.69, 9.17) is 9.47 Å². The average Bonchev–Trinajstić information content (AvgIpc) is 2.73. The minimum atomic E-state index is -0.256. The van der Waals surface area contributed by atoms with Gasteiger partial charge >= 0.3 is 5.97 Å². The van der Waals surface area contributed by atoms with Gasteiger partial charge in [0.25, 0.3) is 0 Å². The molecular formula is C8H9BrO3. The number of carbonyl (C=O) groups is 1. The van der Waals surface area contributed by atoms with Gasteiger partial charge in [-0.05, 0) is 6.08 Å². The van der Waals surface area contributed by atoms with Crippen molar-refractivity contribution in [1.29, 1.82) is 0 Å². The molecule has 1 saturated heterocycles. The van der Waals surface area contributed by atoms with E-state index in [1.54, 1.807) is 0 Å². The molecule has 2 aliphatic rings. The lowest BCUT2D eigenvalue weighted by Gasteiger charge is -2.19. The monoisotopic (exact) mass is 232 g/mol. The molecule has 4 atom stereocenters. The molecule has 0 spiro atoms. The van der Waals surface area contributed by atoms with Crippen LogP contribution in [0.1, 0.15) is 6.92 Å². The third-order valence-electron chi connectivity index (χ3n) is 1.98. The number of epoxide rings is 1. The topological polar surface area (TPSA) is 38.8 Å². The number of halogens is 1. The van der Waals surface area contributed by atoms with Crippen LogP contribution in [0.4, 0.5) is 0 Å². The molecule has 0 bridgehead atoms. The van der Waals surface area contributed by atoms with Crippen molar-refractivity contribution in [2.45, 2.75) is 30.1 Å². The minimum Gasteiger partial charge on any atom is -0.457 e. The molecule has 1 aliphatic carbocycles. The fourth-order valence-electron chi connectivity index (χ4n) is 1.36. The molecule has 2 rings (SSSR count). The van der Waals surface area contributed by atoms with Crippen LogP contribution in [0.2, 0.25) is 0 Å². The molecule has 1 heterocycles. The van der Waals surface area contributed by atoms with Crippen molar-refractivity contribution < 1.29 is 14.3 Å². The summed E-state index contributed by atoms with van der Waals surface area (Å²) in [6.45, 7) is 1.41. The molecular weight excluding hydrogens is 224 g/mol. The van der Waals surface area contributed by atoms with E-state index in [0.717, 1.165) is 0 Å². The summed E-state index contributed by atoms with van der Waals surface area (Å²) in [5.74, 6) is -0.256. The van der Waals surface area contributed by atoms with Gasteiger partial charge in [-0.15, -0.1) is 0 Å². The number of carbonyl (C=O) groups excluding carboxylic acids is 1.